The van der Waals surface area contributed by atoms with Crippen LogP contribution < -0.4 is 15.0 Å². The Hall–Kier alpha value is -3.60. The molecule has 0 fully saturated rings. The number of benzene rings is 3. The van der Waals surface area contributed by atoms with Crippen LogP contribution in [0.25, 0.3) is 0 Å². The minimum absolute atomic E-state index is 0.0995. The van der Waals surface area contributed by atoms with Crippen molar-refractivity contribution in [3.8, 4) is 11.5 Å². The van der Waals surface area contributed by atoms with Crippen molar-refractivity contribution in [2.24, 2.45) is 0 Å². The van der Waals surface area contributed by atoms with Crippen LogP contribution in [-0.4, -0.2) is 18.9 Å². The molecule has 3 aromatic rings. The van der Waals surface area contributed by atoms with Crippen molar-refractivity contribution in [3.05, 3.63) is 83.9 Å². The van der Waals surface area contributed by atoms with E-state index in [-0.39, 0.29) is 11.8 Å². The van der Waals surface area contributed by atoms with Crippen molar-refractivity contribution in [2.75, 3.05) is 17.3 Å². The quantitative estimate of drug-likeness (QED) is 0.726. The van der Waals surface area contributed by atoms with Gasteiger partial charge in [-0.25, -0.2) is 0 Å². The molecule has 5 nitrogen and oxygen atoms in total. The van der Waals surface area contributed by atoms with Crippen LogP contribution in [0.4, 0.5) is 11.4 Å². The Labute approximate surface area is 163 Å². The third-order valence-electron chi connectivity index (χ3n) is 4.78. The summed E-state index contributed by atoms with van der Waals surface area (Å²) in [6.07, 6.45) is 1.13. The second kappa shape index (κ2) is 7.56. The molecule has 0 saturated heterocycles. The topological polar surface area (TPSA) is 58.6 Å². The van der Waals surface area contributed by atoms with Crippen molar-refractivity contribution in [1.82, 2.24) is 0 Å². The molecular formula is C23H20N2O3. The number of aryl methyl sites for hydroxylation is 1. The maximum Gasteiger partial charge on any atom is 0.255 e. The highest BCUT2D eigenvalue weighted by Gasteiger charge is 2.21. The molecule has 0 spiro atoms. The van der Waals surface area contributed by atoms with E-state index < -0.39 is 0 Å². The number of amides is 2. The molecule has 1 aliphatic rings. The molecule has 0 aromatic heterocycles. The van der Waals surface area contributed by atoms with Crippen LogP contribution in [0.15, 0.2) is 72.8 Å². The van der Waals surface area contributed by atoms with E-state index in [0.717, 1.165) is 17.0 Å². The Balaban J connectivity index is 1.44. The van der Waals surface area contributed by atoms with Gasteiger partial charge in [0.25, 0.3) is 5.91 Å². The molecule has 140 valence electrons. The highest BCUT2D eigenvalue weighted by molar-refractivity contribution is 6.05. The lowest BCUT2D eigenvalue weighted by Crippen LogP contribution is -2.31. The summed E-state index contributed by atoms with van der Waals surface area (Å²) in [4.78, 5) is 26.0. The number of hydrogen-bond acceptors (Lipinski definition) is 3. The average molecular weight is 372 g/mol. The Morgan fingerprint density at radius 3 is 2.39 bits per heavy atom. The van der Waals surface area contributed by atoms with Gasteiger partial charge >= 0.3 is 0 Å². The zero-order valence-corrected chi connectivity index (χ0v) is 15.5. The first-order valence-corrected chi connectivity index (χ1v) is 9.14. The predicted octanol–water partition coefficient (Wildman–Crippen LogP) is 4.64. The summed E-state index contributed by atoms with van der Waals surface area (Å²) < 4.78 is 5.76. The molecule has 2 amide bonds. The molecular weight excluding hydrogens is 352 g/mol. The van der Waals surface area contributed by atoms with Crippen molar-refractivity contribution < 1.29 is 14.3 Å². The fourth-order valence-corrected chi connectivity index (χ4v) is 3.23. The minimum atomic E-state index is -0.181. The number of hydrogen-bond donors (Lipinski definition) is 1. The molecule has 28 heavy (non-hydrogen) atoms. The smallest absolute Gasteiger partial charge is 0.255 e. The molecule has 5 heteroatoms. The maximum absolute atomic E-state index is 12.6. The van der Waals surface area contributed by atoms with Gasteiger partial charge in [-0.2, -0.15) is 0 Å². The standard InChI is InChI=1S/C23H20N2O3/c1-25-21-13-7-17(15-16(21)8-14-22(25)26)23(27)24-18-9-11-20(12-10-18)28-19-5-3-2-4-6-19/h2-7,9-13,15H,8,14H2,1H3,(H,24,27). The van der Waals surface area contributed by atoms with Crippen molar-refractivity contribution in [2.45, 2.75) is 12.8 Å². The van der Waals surface area contributed by atoms with Gasteiger partial charge in [-0.3, -0.25) is 9.59 Å². The normalized spacial score (nSPS) is 13.0. The van der Waals surface area contributed by atoms with Gasteiger partial charge in [-0.1, -0.05) is 18.2 Å². The monoisotopic (exact) mass is 372 g/mol. The van der Waals surface area contributed by atoms with Gasteiger partial charge in [0.05, 0.1) is 0 Å². The Morgan fingerprint density at radius 1 is 0.929 bits per heavy atom. The second-order valence-corrected chi connectivity index (χ2v) is 6.69. The molecule has 0 bridgehead atoms. The average Bonchev–Trinajstić information content (AvgIpc) is 2.73. The largest absolute Gasteiger partial charge is 0.457 e. The lowest BCUT2D eigenvalue weighted by atomic mass is 9.99. The van der Waals surface area contributed by atoms with Gasteiger partial charge in [-0.15, -0.1) is 0 Å². The fourth-order valence-electron chi connectivity index (χ4n) is 3.23. The highest BCUT2D eigenvalue weighted by Crippen LogP contribution is 2.28. The van der Waals surface area contributed by atoms with E-state index in [1.807, 2.05) is 54.6 Å². The number of rotatable bonds is 4. The van der Waals surface area contributed by atoms with Gasteiger partial charge in [0.15, 0.2) is 0 Å². The van der Waals surface area contributed by atoms with Crippen LogP contribution in [0, 0.1) is 0 Å². The first-order chi connectivity index (χ1) is 13.6. The molecule has 3 aromatic carbocycles. The molecule has 0 unspecified atom stereocenters. The summed E-state index contributed by atoms with van der Waals surface area (Å²) in [6, 6.07) is 22.2. The molecule has 4 rings (SSSR count). The van der Waals surface area contributed by atoms with Gasteiger partial charge in [0.2, 0.25) is 5.91 Å². The van der Waals surface area contributed by atoms with Gasteiger partial charge in [-0.05, 0) is 66.6 Å². The van der Waals surface area contributed by atoms with Crippen LogP contribution in [0.3, 0.4) is 0 Å². The molecule has 0 radical (unpaired) electrons. The third kappa shape index (κ3) is 3.74. The van der Waals surface area contributed by atoms with Crippen molar-refractivity contribution in [1.29, 1.82) is 0 Å². The van der Waals surface area contributed by atoms with Crippen molar-refractivity contribution in [3.63, 3.8) is 0 Å². The number of ether oxygens (including phenoxy) is 1. The van der Waals surface area contributed by atoms with Crippen LogP contribution in [0.5, 0.6) is 11.5 Å². The molecule has 0 saturated carbocycles. The SMILES string of the molecule is CN1C(=O)CCc2cc(C(=O)Nc3ccc(Oc4ccccc4)cc3)ccc21. The molecule has 0 aliphatic carbocycles. The van der Waals surface area contributed by atoms with Crippen LogP contribution in [-0.2, 0) is 11.2 Å². The molecule has 1 aliphatic heterocycles. The van der Waals surface area contributed by atoms with E-state index in [2.05, 4.69) is 5.32 Å². The second-order valence-electron chi connectivity index (χ2n) is 6.69. The number of fused-ring (bicyclic) bond motifs is 1. The van der Waals surface area contributed by atoms with Gasteiger partial charge < -0.3 is 15.0 Å². The number of para-hydroxylation sites is 1. The summed E-state index contributed by atoms with van der Waals surface area (Å²) in [5.74, 6) is 1.38. The minimum Gasteiger partial charge on any atom is -0.457 e. The molecule has 1 heterocycles. The number of nitrogens with one attached hydrogen (secondary N) is 1. The van der Waals surface area contributed by atoms with Gasteiger partial charge in [0.1, 0.15) is 11.5 Å². The summed E-state index contributed by atoms with van der Waals surface area (Å²) >= 11 is 0. The summed E-state index contributed by atoms with van der Waals surface area (Å²) in [5.41, 5.74) is 3.15. The first kappa shape index (κ1) is 17.8. The third-order valence-corrected chi connectivity index (χ3v) is 4.78. The van der Waals surface area contributed by atoms with E-state index in [0.29, 0.717) is 29.8 Å². The van der Waals surface area contributed by atoms with E-state index in [1.54, 1.807) is 30.1 Å². The lowest BCUT2D eigenvalue weighted by Gasteiger charge is -2.26. The van der Waals surface area contributed by atoms with E-state index in [1.165, 1.54) is 0 Å². The Kier molecular flexibility index (Phi) is 4.81. The maximum atomic E-state index is 12.6. The van der Waals surface area contributed by atoms with Crippen LogP contribution in [0.2, 0.25) is 0 Å². The van der Waals surface area contributed by atoms with Crippen molar-refractivity contribution >= 4 is 23.2 Å². The highest BCUT2D eigenvalue weighted by atomic mass is 16.5. The first-order valence-electron chi connectivity index (χ1n) is 9.14. The fraction of sp³-hybridized carbons (Fsp3) is 0.130. The molecule has 0 atom stereocenters. The number of carbonyl (C=O) groups excluding carboxylic acids is 2. The summed E-state index contributed by atoms with van der Waals surface area (Å²) in [6.45, 7) is 0. The van der Waals surface area contributed by atoms with E-state index in [9.17, 15) is 9.59 Å². The summed E-state index contributed by atoms with van der Waals surface area (Å²) in [7, 11) is 1.76. The zero-order chi connectivity index (χ0) is 19.5. The van der Waals surface area contributed by atoms with Crippen LogP contribution >= 0.6 is 0 Å². The Bertz CT molecular complexity index is 1010. The van der Waals surface area contributed by atoms with Gasteiger partial charge in [0, 0.05) is 30.4 Å². The number of anilines is 2. The Morgan fingerprint density at radius 2 is 1.64 bits per heavy atom. The lowest BCUT2D eigenvalue weighted by molar-refractivity contribution is -0.118. The zero-order valence-electron chi connectivity index (χ0n) is 15.5. The van der Waals surface area contributed by atoms with Crippen LogP contribution in [0.1, 0.15) is 22.3 Å². The van der Waals surface area contributed by atoms with E-state index >= 15 is 0 Å². The number of nitrogens with zero attached hydrogens (tertiary/aromatic N) is 1. The molecule has 1 N–H and O–H groups in total. The van der Waals surface area contributed by atoms with E-state index in [4.69, 9.17) is 4.74 Å². The summed E-state index contributed by atoms with van der Waals surface area (Å²) in [5, 5.41) is 2.90. The predicted molar refractivity (Wildman–Crippen MR) is 109 cm³/mol. The number of carbonyl (C=O) groups is 2.